The smallest absolute Gasteiger partial charge is 0.0122 e. The molecule has 3 aromatic carbocycles. The average Bonchev–Trinajstić information content (AvgIpc) is 2.71. The maximum absolute atomic E-state index is 4.30. The lowest BCUT2D eigenvalue weighted by molar-refractivity contribution is 0.443. The molecule has 3 aromatic rings. The fraction of sp³-hybridized carbons (Fsp3) is 0.250. The van der Waals surface area contributed by atoms with Crippen molar-refractivity contribution in [1.82, 2.24) is 0 Å². The molecule has 0 amide bonds. The van der Waals surface area contributed by atoms with E-state index in [0.717, 1.165) is 10.8 Å². The molecule has 134 valence electrons. The van der Waals surface area contributed by atoms with Crippen molar-refractivity contribution in [2.45, 2.75) is 52.7 Å². The van der Waals surface area contributed by atoms with Gasteiger partial charge in [-0.25, -0.2) is 0 Å². The first-order valence-corrected chi connectivity index (χ1v) is 10.6. The molecule has 26 heavy (non-hydrogen) atoms. The molecule has 0 N–H and O–H groups in total. The van der Waals surface area contributed by atoms with E-state index in [1.807, 2.05) is 12.1 Å². The normalized spacial score (nSPS) is 14.3. The number of thiol groups is 1. The van der Waals surface area contributed by atoms with Gasteiger partial charge in [-0.2, -0.15) is 0 Å². The van der Waals surface area contributed by atoms with Crippen molar-refractivity contribution < 1.29 is 0 Å². The summed E-state index contributed by atoms with van der Waals surface area (Å²) in [7, 11) is 0. The maximum atomic E-state index is 4.30. The highest BCUT2D eigenvalue weighted by Gasteiger charge is 2.14. The van der Waals surface area contributed by atoms with Crippen LogP contribution in [0.15, 0.2) is 99.6 Å². The molecule has 1 aliphatic rings. The minimum atomic E-state index is 0.822. The zero-order chi connectivity index (χ0) is 18.0. The van der Waals surface area contributed by atoms with Crippen LogP contribution in [0.4, 0.5) is 0 Å². The quantitative estimate of drug-likeness (QED) is 0.453. The highest BCUT2D eigenvalue weighted by atomic mass is 32.2. The molecule has 0 heterocycles. The van der Waals surface area contributed by atoms with Crippen LogP contribution in [-0.2, 0) is 0 Å². The fourth-order valence-corrected chi connectivity index (χ4v) is 4.30. The van der Waals surface area contributed by atoms with Crippen molar-refractivity contribution >= 4 is 24.4 Å². The molecule has 0 saturated heterocycles. The lowest BCUT2D eigenvalue weighted by atomic mass is 9.84. The number of hydrogen-bond donors (Lipinski definition) is 1. The van der Waals surface area contributed by atoms with Gasteiger partial charge in [0, 0.05) is 14.7 Å². The summed E-state index contributed by atoms with van der Waals surface area (Å²) in [4.78, 5) is 3.64. The molecule has 4 rings (SSSR count). The van der Waals surface area contributed by atoms with E-state index < -0.39 is 0 Å². The second kappa shape index (κ2) is 10.5. The molecule has 0 atom stereocenters. The van der Waals surface area contributed by atoms with E-state index in [0.29, 0.717) is 0 Å². The Morgan fingerprint density at radius 1 is 0.615 bits per heavy atom. The van der Waals surface area contributed by atoms with Crippen molar-refractivity contribution in [3.05, 3.63) is 90.5 Å². The van der Waals surface area contributed by atoms with Gasteiger partial charge in [-0.3, -0.25) is 0 Å². The third-order valence-corrected chi connectivity index (χ3v) is 6.01. The number of hydrogen-bond acceptors (Lipinski definition) is 2. The van der Waals surface area contributed by atoms with Crippen LogP contribution in [0.1, 0.15) is 43.6 Å². The molecule has 0 nitrogen and oxygen atoms in total. The first-order valence-electron chi connectivity index (χ1n) is 9.38. The van der Waals surface area contributed by atoms with Gasteiger partial charge in [0.25, 0.3) is 0 Å². The van der Waals surface area contributed by atoms with Gasteiger partial charge >= 0.3 is 0 Å². The highest BCUT2D eigenvalue weighted by Crippen LogP contribution is 2.32. The summed E-state index contributed by atoms with van der Waals surface area (Å²) in [5.74, 6) is 0.822. The molecule has 1 saturated carbocycles. The van der Waals surface area contributed by atoms with Crippen LogP contribution in [0.3, 0.4) is 0 Å². The lowest BCUT2D eigenvalue weighted by Crippen LogP contribution is -2.03. The van der Waals surface area contributed by atoms with E-state index in [9.17, 15) is 0 Å². The Labute approximate surface area is 167 Å². The summed E-state index contributed by atoms with van der Waals surface area (Å²) in [5, 5.41) is 0. The first-order chi connectivity index (χ1) is 12.8. The monoisotopic (exact) mass is 378 g/mol. The topological polar surface area (TPSA) is 0 Å². The molecule has 0 aliphatic heterocycles. The number of rotatable bonds is 3. The van der Waals surface area contributed by atoms with Crippen molar-refractivity contribution in [3.8, 4) is 0 Å². The third kappa shape index (κ3) is 6.26. The lowest BCUT2D eigenvalue weighted by Gasteiger charge is -2.21. The minimum absolute atomic E-state index is 0.822. The van der Waals surface area contributed by atoms with Gasteiger partial charge in [0.1, 0.15) is 0 Å². The summed E-state index contributed by atoms with van der Waals surface area (Å²) >= 11 is 6.08. The predicted molar refractivity (Wildman–Crippen MR) is 117 cm³/mol. The Balaban J connectivity index is 0.000000151. The Morgan fingerprint density at radius 3 is 1.62 bits per heavy atom. The van der Waals surface area contributed by atoms with E-state index in [4.69, 9.17) is 0 Å². The van der Waals surface area contributed by atoms with Gasteiger partial charge in [-0.15, -0.1) is 12.6 Å². The Bertz CT molecular complexity index is 708. The van der Waals surface area contributed by atoms with Gasteiger partial charge in [0.15, 0.2) is 0 Å². The van der Waals surface area contributed by atoms with Gasteiger partial charge in [0.2, 0.25) is 0 Å². The van der Waals surface area contributed by atoms with Gasteiger partial charge in [0.05, 0.1) is 0 Å². The molecule has 0 spiro atoms. The van der Waals surface area contributed by atoms with Crippen LogP contribution >= 0.6 is 24.4 Å². The van der Waals surface area contributed by atoms with Gasteiger partial charge in [-0.1, -0.05) is 79.6 Å². The molecular formula is C24H26S2. The van der Waals surface area contributed by atoms with Gasteiger partial charge < -0.3 is 0 Å². The molecule has 0 aromatic heterocycles. The summed E-state index contributed by atoms with van der Waals surface area (Å²) < 4.78 is 0. The van der Waals surface area contributed by atoms with Crippen LogP contribution < -0.4 is 0 Å². The van der Waals surface area contributed by atoms with Crippen LogP contribution in [0.2, 0.25) is 0 Å². The maximum Gasteiger partial charge on any atom is 0.0122 e. The summed E-state index contributed by atoms with van der Waals surface area (Å²) in [6.07, 6.45) is 7.01. The van der Waals surface area contributed by atoms with Crippen LogP contribution in [0, 0.1) is 0 Å². The first kappa shape index (κ1) is 19.1. The van der Waals surface area contributed by atoms with Gasteiger partial charge in [-0.05, 0) is 60.7 Å². The van der Waals surface area contributed by atoms with E-state index >= 15 is 0 Å². The van der Waals surface area contributed by atoms with Crippen molar-refractivity contribution in [2.24, 2.45) is 0 Å². The predicted octanol–water partition coefficient (Wildman–Crippen LogP) is 7.86. The molecule has 1 fully saturated rings. The summed E-state index contributed by atoms with van der Waals surface area (Å²) in [6, 6.07) is 29.5. The summed E-state index contributed by atoms with van der Waals surface area (Å²) in [5.41, 5.74) is 1.51. The van der Waals surface area contributed by atoms with E-state index in [1.165, 1.54) is 47.5 Å². The van der Waals surface area contributed by atoms with Crippen molar-refractivity contribution in [2.75, 3.05) is 0 Å². The largest absolute Gasteiger partial charge is 0.143 e. The SMILES string of the molecule is Sc1ccc(C2CCCCC2)cc1.c1ccc(Sc2ccccc2)cc1. The zero-order valence-corrected chi connectivity index (χ0v) is 16.8. The molecular weight excluding hydrogens is 352 g/mol. The highest BCUT2D eigenvalue weighted by molar-refractivity contribution is 7.99. The number of benzene rings is 3. The molecule has 2 heteroatoms. The standard InChI is InChI=1S/C12H10S.C12H16S/c1-3-7-11(8-4-1)13-12-9-5-2-6-10-12;13-12-8-6-11(7-9-12)10-4-2-1-3-5-10/h1-10H;6-10,13H,1-5H2. The molecule has 0 radical (unpaired) electrons. The molecule has 1 aliphatic carbocycles. The van der Waals surface area contributed by atoms with E-state index in [1.54, 1.807) is 11.8 Å². The fourth-order valence-electron chi connectivity index (χ4n) is 3.30. The Hall–Kier alpha value is -1.64. The van der Waals surface area contributed by atoms with E-state index in [-0.39, 0.29) is 0 Å². The zero-order valence-electron chi connectivity index (χ0n) is 15.1. The van der Waals surface area contributed by atoms with Crippen LogP contribution in [-0.4, -0.2) is 0 Å². The molecule has 0 unspecified atom stereocenters. The summed E-state index contributed by atoms with van der Waals surface area (Å²) in [6.45, 7) is 0. The minimum Gasteiger partial charge on any atom is -0.143 e. The second-order valence-corrected chi connectivity index (χ2v) is 8.32. The van der Waals surface area contributed by atoms with Crippen molar-refractivity contribution in [1.29, 1.82) is 0 Å². The Morgan fingerprint density at radius 2 is 1.12 bits per heavy atom. The van der Waals surface area contributed by atoms with Crippen LogP contribution in [0.25, 0.3) is 0 Å². The Kier molecular flexibility index (Phi) is 7.72. The van der Waals surface area contributed by atoms with Crippen LogP contribution in [0.5, 0.6) is 0 Å². The van der Waals surface area contributed by atoms with E-state index in [2.05, 4.69) is 85.4 Å². The van der Waals surface area contributed by atoms with Crippen molar-refractivity contribution in [3.63, 3.8) is 0 Å². The second-order valence-electron chi connectivity index (χ2n) is 6.65. The third-order valence-electron chi connectivity index (χ3n) is 4.69. The molecule has 0 bridgehead atoms. The average molecular weight is 379 g/mol.